The topological polar surface area (TPSA) is 40.2 Å². The first-order chi connectivity index (χ1) is 21.3. The smallest absolute Gasteiger partial charge is 0.267 e. The molecular weight excluding hydrogens is 726 g/mol. The molecule has 0 aliphatic carbocycles. The van der Waals surface area contributed by atoms with Crippen molar-refractivity contribution in [1.82, 2.24) is 9.55 Å². The second kappa shape index (κ2) is 13.4. The van der Waals surface area contributed by atoms with Crippen LogP contribution in [0.4, 0.5) is 0 Å². The second-order valence-corrected chi connectivity index (χ2v) is 9.79. The van der Waals surface area contributed by atoms with Crippen molar-refractivity contribution in [1.29, 1.82) is 0 Å². The summed E-state index contributed by atoms with van der Waals surface area (Å²) in [6.45, 7) is 0. The Kier molecular flexibility index (Phi) is 8.77. The zero-order valence-electron chi connectivity index (χ0n) is 23.4. The van der Waals surface area contributed by atoms with Crippen LogP contribution in [0.1, 0.15) is 0 Å². The van der Waals surface area contributed by atoms with Crippen molar-refractivity contribution in [3.8, 4) is 56.8 Å². The van der Waals surface area contributed by atoms with Crippen LogP contribution in [0.3, 0.4) is 0 Å². The molecule has 0 aliphatic rings. The molecule has 0 fully saturated rings. The van der Waals surface area contributed by atoms with Gasteiger partial charge in [-0.15, -0.1) is 24.3 Å². The standard InChI is InChI=1S/C38H25N3O2.Pt/c1-3-11-29(12-4-1)31-23-32(30-13-5-2-6-14-30)25-34(24-31)41-22-21-40(28-41)33-15-9-16-35(26-33)42-36-17-10-18-37(27-36)43-38-19-7-8-20-39-38;/h1-25H;/q-2;. The third-order valence-corrected chi connectivity index (χ3v) is 6.82. The SMILES string of the molecule is [Pt].[c-]1c(Oc2[c-]c(-n3[c-][n+](-c4cc(-c5ccccc5)cc(-c5ccccc5)c4)cc3)ccc2)cccc1Oc1ccccn1. The van der Waals surface area contributed by atoms with Crippen LogP contribution in [0.15, 0.2) is 152 Å². The fourth-order valence-corrected chi connectivity index (χ4v) is 4.76. The third-order valence-electron chi connectivity index (χ3n) is 6.82. The Hall–Kier alpha value is -5.25. The summed E-state index contributed by atoms with van der Waals surface area (Å²) in [4.78, 5) is 4.20. The van der Waals surface area contributed by atoms with Crippen LogP contribution in [0.2, 0.25) is 0 Å². The molecule has 0 amide bonds. The van der Waals surface area contributed by atoms with Crippen LogP contribution in [-0.2, 0) is 21.1 Å². The van der Waals surface area contributed by atoms with E-state index < -0.39 is 0 Å². The summed E-state index contributed by atoms with van der Waals surface area (Å²) in [6, 6.07) is 50.7. The quantitative estimate of drug-likeness (QED) is 0.116. The molecule has 6 heteroatoms. The molecule has 0 spiro atoms. The van der Waals surface area contributed by atoms with Crippen LogP contribution in [-0.4, -0.2) is 9.55 Å². The first-order valence-corrected chi connectivity index (χ1v) is 13.9. The van der Waals surface area contributed by atoms with Gasteiger partial charge in [-0.3, -0.25) is 4.57 Å². The molecule has 0 saturated heterocycles. The molecule has 0 radical (unpaired) electrons. The first-order valence-electron chi connectivity index (χ1n) is 13.9. The van der Waals surface area contributed by atoms with Crippen molar-refractivity contribution in [3.05, 3.63) is 171 Å². The summed E-state index contributed by atoms with van der Waals surface area (Å²) in [5, 5.41) is 0. The molecule has 0 N–H and O–H groups in total. The number of benzene rings is 5. The third kappa shape index (κ3) is 6.70. The maximum Gasteiger partial charge on any atom is 0.267 e. The van der Waals surface area contributed by atoms with E-state index in [9.17, 15) is 0 Å². The Bertz CT molecular complexity index is 1920. The monoisotopic (exact) mass is 750 g/mol. The van der Waals surface area contributed by atoms with Gasteiger partial charge in [-0.25, -0.2) is 4.98 Å². The van der Waals surface area contributed by atoms with E-state index in [2.05, 4.69) is 90.2 Å². The normalized spacial score (nSPS) is 10.5. The Balaban J connectivity index is 0.00000343. The number of pyridine rings is 1. The van der Waals surface area contributed by atoms with Gasteiger partial charge in [-0.2, -0.15) is 18.2 Å². The van der Waals surface area contributed by atoms with Gasteiger partial charge in [-0.1, -0.05) is 72.8 Å². The minimum absolute atomic E-state index is 0. The number of hydrogen-bond donors (Lipinski definition) is 0. The van der Waals surface area contributed by atoms with Crippen molar-refractivity contribution in [3.63, 3.8) is 0 Å². The predicted octanol–water partition coefficient (Wildman–Crippen LogP) is 8.47. The number of aromatic nitrogens is 3. The molecule has 5 aromatic carbocycles. The van der Waals surface area contributed by atoms with Gasteiger partial charge in [-0.05, 0) is 52.2 Å². The largest absolute Gasteiger partial charge is 0.510 e. The van der Waals surface area contributed by atoms with Gasteiger partial charge in [0.25, 0.3) is 6.33 Å². The predicted molar refractivity (Wildman–Crippen MR) is 166 cm³/mol. The Morgan fingerprint density at radius 1 is 0.568 bits per heavy atom. The maximum absolute atomic E-state index is 6.09. The van der Waals surface area contributed by atoms with Crippen molar-refractivity contribution in [2.24, 2.45) is 0 Å². The molecule has 0 aliphatic heterocycles. The number of hydrogen-bond acceptors (Lipinski definition) is 3. The summed E-state index contributed by atoms with van der Waals surface area (Å²) >= 11 is 0. The zero-order chi connectivity index (χ0) is 28.8. The average Bonchev–Trinajstić information content (AvgIpc) is 3.57. The van der Waals surface area contributed by atoms with Crippen molar-refractivity contribution >= 4 is 0 Å². The van der Waals surface area contributed by atoms with E-state index in [0.717, 1.165) is 33.6 Å². The molecule has 0 atom stereocenters. The molecule has 2 heterocycles. The van der Waals surface area contributed by atoms with Gasteiger partial charge in [0.05, 0.1) is 5.69 Å². The Labute approximate surface area is 270 Å². The van der Waals surface area contributed by atoms with Crippen molar-refractivity contribution in [2.45, 2.75) is 0 Å². The van der Waals surface area contributed by atoms with E-state index in [-0.39, 0.29) is 21.1 Å². The number of imidazole rings is 1. The molecule has 216 valence electrons. The number of nitrogens with zero attached hydrogens (tertiary/aromatic N) is 3. The molecular formula is C38H25N3O2Pt-2. The molecule has 7 rings (SSSR count). The Morgan fingerprint density at radius 2 is 1.18 bits per heavy atom. The minimum Gasteiger partial charge on any atom is -0.510 e. The summed E-state index contributed by atoms with van der Waals surface area (Å²) < 4.78 is 15.8. The molecule has 0 saturated carbocycles. The second-order valence-electron chi connectivity index (χ2n) is 9.79. The van der Waals surface area contributed by atoms with E-state index in [1.165, 1.54) is 0 Å². The maximum atomic E-state index is 6.09. The summed E-state index contributed by atoms with van der Waals surface area (Å²) in [6.07, 6.45) is 9.07. The molecule has 0 unspecified atom stereocenters. The van der Waals surface area contributed by atoms with Gasteiger partial charge >= 0.3 is 0 Å². The van der Waals surface area contributed by atoms with E-state index >= 15 is 0 Å². The molecule has 5 nitrogen and oxygen atoms in total. The molecule has 44 heavy (non-hydrogen) atoms. The number of ether oxygens (including phenoxy) is 2. The summed E-state index contributed by atoms with van der Waals surface area (Å²) in [5.74, 6) is 2.07. The average molecular weight is 751 g/mol. The summed E-state index contributed by atoms with van der Waals surface area (Å²) in [7, 11) is 0. The number of rotatable bonds is 8. The zero-order valence-corrected chi connectivity index (χ0v) is 25.7. The van der Waals surface area contributed by atoms with Gasteiger partial charge in [0.1, 0.15) is 0 Å². The van der Waals surface area contributed by atoms with Crippen molar-refractivity contribution in [2.75, 3.05) is 0 Å². The van der Waals surface area contributed by atoms with E-state index in [1.807, 2.05) is 82.2 Å². The minimum atomic E-state index is 0. The molecule has 2 aromatic heterocycles. The van der Waals surface area contributed by atoms with Crippen LogP contribution in [0.5, 0.6) is 23.1 Å². The summed E-state index contributed by atoms with van der Waals surface area (Å²) in [5.41, 5.74) is 6.39. The van der Waals surface area contributed by atoms with Crippen LogP contribution >= 0.6 is 0 Å². The van der Waals surface area contributed by atoms with Gasteiger partial charge in [0, 0.05) is 63.0 Å². The van der Waals surface area contributed by atoms with E-state index in [0.29, 0.717) is 23.1 Å². The van der Waals surface area contributed by atoms with Gasteiger partial charge in [0.2, 0.25) is 5.88 Å². The Morgan fingerprint density at radius 3 is 1.84 bits per heavy atom. The molecule has 0 bridgehead atoms. The van der Waals surface area contributed by atoms with Crippen molar-refractivity contribution < 1.29 is 35.1 Å². The van der Waals surface area contributed by atoms with Crippen LogP contribution < -0.4 is 14.0 Å². The van der Waals surface area contributed by atoms with Gasteiger partial charge in [0.15, 0.2) is 0 Å². The van der Waals surface area contributed by atoms with E-state index in [4.69, 9.17) is 9.47 Å². The first kappa shape index (κ1) is 28.8. The van der Waals surface area contributed by atoms with E-state index in [1.54, 1.807) is 12.3 Å². The molecule has 7 aromatic rings. The fourth-order valence-electron chi connectivity index (χ4n) is 4.76. The van der Waals surface area contributed by atoms with Crippen LogP contribution in [0.25, 0.3) is 33.6 Å². The fraction of sp³-hybridized carbons (Fsp3) is 0. The van der Waals surface area contributed by atoms with Crippen LogP contribution in [0, 0.1) is 18.5 Å². The van der Waals surface area contributed by atoms with Gasteiger partial charge < -0.3 is 14.0 Å².